The fraction of sp³-hybridized carbons (Fsp3) is 0.222. The number of carboxylic acids is 1. The lowest BCUT2D eigenvalue weighted by Gasteiger charge is -2.12. The zero-order valence-electron chi connectivity index (χ0n) is 12.7. The van der Waals surface area contributed by atoms with Crippen molar-refractivity contribution in [2.24, 2.45) is 0 Å². The van der Waals surface area contributed by atoms with Gasteiger partial charge in [0, 0.05) is 0 Å². The highest BCUT2D eigenvalue weighted by Crippen LogP contribution is 2.38. The number of carbonyl (C=O) groups excluding carboxylic acids is 1. The number of hydrogen-bond donors (Lipinski definition) is 2. The van der Waals surface area contributed by atoms with E-state index in [1.807, 2.05) is 24.3 Å². The second kappa shape index (κ2) is 6.12. The molecule has 3 rings (SSSR count). The van der Waals surface area contributed by atoms with Crippen LogP contribution < -0.4 is 5.32 Å². The van der Waals surface area contributed by atoms with Gasteiger partial charge in [0.2, 0.25) is 0 Å². The minimum atomic E-state index is -1.10. The first-order valence-corrected chi connectivity index (χ1v) is 7.41. The van der Waals surface area contributed by atoms with Gasteiger partial charge >= 0.3 is 12.1 Å². The van der Waals surface area contributed by atoms with Crippen LogP contribution in [0.4, 0.5) is 4.79 Å². The normalized spacial score (nSPS) is 12.9. The average molecular weight is 311 g/mol. The first kappa shape index (κ1) is 15.1. The Morgan fingerprint density at radius 1 is 1.17 bits per heavy atom. The molecule has 23 heavy (non-hydrogen) atoms. The number of nitrogens with one attached hydrogen (secondary N) is 1. The summed E-state index contributed by atoms with van der Waals surface area (Å²) >= 11 is 0. The highest BCUT2D eigenvalue weighted by Gasteiger charge is 2.21. The van der Waals surface area contributed by atoms with Gasteiger partial charge < -0.3 is 15.2 Å². The van der Waals surface area contributed by atoms with E-state index in [0.29, 0.717) is 0 Å². The van der Waals surface area contributed by atoms with E-state index < -0.39 is 18.1 Å². The molecular formula is C18H17NO4. The molecule has 1 aliphatic carbocycles. The van der Waals surface area contributed by atoms with Crippen LogP contribution in [0.1, 0.15) is 23.6 Å². The van der Waals surface area contributed by atoms with Gasteiger partial charge in [-0.25, -0.2) is 4.79 Å². The Balaban J connectivity index is 1.72. The Kier molecular flexibility index (Phi) is 4.02. The molecule has 2 aromatic rings. The van der Waals surface area contributed by atoms with Crippen LogP contribution in [-0.4, -0.2) is 23.2 Å². The van der Waals surface area contributed by atoms with Crippen molar-refractivity contribution in [3.8, 4) is 11.1 Å². The molecule has 118 valence electrons. The second-order valence-corrected chi connectivity index (χ2v) is 5.56. The third-order valence-electron chi connectivity index (χ3n) is 4.01. The maximum Gasteiger partial charge on any atom is 0.408 e. The molecule has 0 saturated carbocycles. The lowest BCUT2D eigenvalue weighted by molar-refractivity contribution is -0.138. The van der Waals surface area contributed by atoms with E-state index in [9.17, 15) is 9.59 Å². The standard InChI is InChI=1S/C18H17NO4/c1-11(17(20)21)19-18(22)23-10-13-6-4-8-15-14-7-3-2-5-12(14)9-16(13)15/h2-8,11H,9-10H2,1H3,(H,19,22)(H,20,21)/t11-/m1/s1. The van der Waals surface area contributed by atoms with Crippen LogP contribution in [0.25, 0.3) is 11.1 Å². The van der Waals surface area contributed by atoms with Crippen LogP contribution in [0.3, 0.4) is 0 Å². The first-order chi connectivity index (χ1) is 11.1. The minimum Gasteiger partial charge on any atom is -0.480 e. The number of hydrogen-bond acceptors (Lipinski definition) is 3. The van der Waals surface area contributed by atoms with Gasteiger partial charge in [-0.15, -0.1) is 0 Å². The molecule has 0 saturated heterocycles. The monoisotopic (exact) mass is 311 g/mol. The molecule has 0 heterocycles. The number of aliphatic carboxylic acids is 1. The predicted octanol–water partition coefficient (Wildman–Crippen LogP) is 2.96. The highest BCUT2D eigenvalue weighted by molar-refractivity contribution is 5.80. The number of rotatable bonds is 4. The van der Waals surface area contributed by atoms with Crippen LogP contribution in [0.2, 0.25) is 0 Å². The minimum absolute atomic E-state index is 0.120. The zero-order chi connectivity index (χ0) is 16.4. The van der Waals surface area contributed by atoms with Crippen molar-refractivity contribution in [3.63, 3.8) is 0 Å². The number of amides is 1. The quantitative estimate of drug-likeness (QED) is 0.777. The van der Waals surface area contributed by atoms with E-state index in [4.69, 9.17) is 9.84 Å². The summed E-state index contributed by atoms with van der Waals surface area (Å²) in [6.07, 6.45) is 0.0890. The SMILES string of the molecule is C[C@@H](NC(=O)OCc1cccc2c1Cc1ccccc1-2)C(=O)O. The smallest absolute Gasteiger partial charge is 0.408 e. The molecule has 0 spiro atoms. The number of carbonyl (C=O) groups is 2. The number of benzene rings is 2. The molecular weight excluding hydrogens is 294 g/mol. The Hall–Kier alpha value is -2.82. The summed E-state index contributed by atoms with van der Waals surface area (Å²) in [4.78, 5) is 22.4. The van der Waals surface area contributed by atoms with E-state index in [2.05, 4.69) is 23.5 Å². The fourth-order valence-corrected chi connectivity index (χ4v) is 2.78. The molecule has 0 bridgehead atoms. The molecule has 1 amide bonds. The fourth-order valence-electron chi connectivity index (χ4n) is 2.78. The molecule has 0 unspecified atom stereocenters. The number of alkyl carbamates (subject to hydrolysis) is 1. The van der Waals surface area contributed by atoms with Gasteiger partial charge in [-0.2, -0.15) is 0 Å². The largest absolute Gasteiger partial charge is 0.480 e. The lowest BCUT2D eigenvalue weighted by atomic mass is 10.0. The number of fused-ring (bicyclic) bond motifs is 3. The summed E-state index contributed by atoms with van der Waals surface area (Å²) in [6.45, 7) is 1.51. The summed E-state index contributed by atoms with van der Waals surface area (Å²) in [5.74, 6) is -1.10. The molecule has 0 aliphatic heterocycles. The van der Waals surface area contributed by atoms with Gasteiger partial charge in [0.05, 0.1) is 0 Å². The van der Waals surface area contributed by atoms with Gasteiger partial charge in [0.1, 0.15) is 12.6 Å². The van der Waals surface area contributed by atoms with E-state index in [-0.39, 0.29) is 6.61 Å². The molecule has 0 fully saturated rings. The first-order valence-electron chi connectivity index (χ1n) is 7.41. The summed E-state index contributed by atoms with van der Waals surface area (Å²) in [6, 6.07) is 13.2. The Morgan fingerprint density at radius 3 is 2.70 bits per heavy atom. The number of ether oxygens (including phenoxy) is 1. The van der Waals surface area contributed by atoms with Gasteiger partial charge in [-0.3, -0.25) is 4.79 Å². The molecule has 5 heteroatoms. The van der Waals surface area contributed by atoms with Crippen LogP contribution in [0.15, 0.2) is 42.5 Å². The Labute approximate surface area is 133 Å². The molecule has 2 aromatic carbocycles. The van der Waals surface area contributed by atoms with Crippen LogP contribution in [0, 0.1) is 0 Å². The van der Waals surface area contributed by atoms with Crippen molar-refractivity contribution >= 4 is 12.1 Å². The van der Waals surface area contributed by atoms with Crippen molar-refractivity contribution < 1.29 is 19.4 Å². The van der Waals surface area contributed by atoms with E-state index in [1.54, 1.807) is 0 Å². The topological polar surface area (TPSA) is 75.6 Å². The molecule has 5 nitrogen and oxygen atoms in total. The highest BCUT2D eigenvalue weighted by atomic mass is 16.5. The Bertz CT molecular complexity index is 769. The van der Waals surface area contributed by atoms with Crippen molar-refractivity contribution in [2.45, 2.75) is 26.0 Å². The van der Waals surface area contributed by atoms with Gasteiger partial charge in [0.25, 0.3) is 0 Å². The van der Waals surface area contributed by atoms with E-state index >= 15 is 0 Å². The van der Waals surface area contributed by atoms with E-state index in [1.165, 1.54) is 23.6 Å². The van der Waals surface area contributed by atoms with Gasteiger partial charge in [0.15, 0.2) is 0 Å². The van der Waals surface area contributed by atoms with E-state index in [0.717, 1.165) is 17.5 Å². The maximum atomic E-state index is 11.7. The summed E-state index contributed by atoms with van der Waals surface area (Å²) in [5, 5.41) is 11.0. The van der Waals surface area contributed by atoms with Crippen LogP contribution >= 0.6 is 0 Å². The van der Waals surface area contributed by atoms with Crippen molar-refractivity contribution in [2.75, 3.05) is 0 Å². The van der Waals surface area contributed by atoms with Gasteiger partial charge in [-0.1, -0.05) is 42.5 Å². The molecule has 0 radical (unpaired) electrons. The molecule has 1 atom stereocenters. The third-order valence-corrected chi connectivity index (χ3v) is 4.01. The molecule has 0 aromatic heterocycles. The molecule has 1 aliphatic rings. The average Bonchev–Trinajstić information content (AvgIpc) is 2.92. The molecule has 2 N–H and O–H groups in total. The lowest BCUT2D eigenvalue weighted by Crippen LogP contribution is -2.38. The maximum absolute atomic E-state index is 11.7. The van der Waals surface area contributed by atoms with Crippen LogP contribution in [-0.2, 0) is 22.6 Å². The number of carboxylic acid groups (broad SMARTS) is 1. The Morgan fingerprint density at radius 2 is 1.91 bits per heavy atom. The van der Waals surface area contributed by atoms with Crippen molar-refractivity contribution in [1.82, 2.24) is 5.32 Å². The third kappa shape index (κ3) is 3.04. The second-order valence-electron chi connectivity index (χ2n) is 5.56. The zero-order valence-corrected chi connectivity index (χ0v) is 12.7. The van der Waals surface area contributed by atoms with Gasteiger partial charge in [-0.05, 0) is 41.2 Å². The summed E-state index contributed by atoms with van der Waals surface area (Å²) in [7, 11) is 0. The summed E-state index contributed by atoms with van der Waals surface area (Å²) in [5.41, 5.74) is 5.75. The van der Waals surface area contributed by atoms with Crippen molar-refractivity contribution in [1.29, 1.82) is 0 Å². The summed E-state index contributed by atoms with van der Waals surface area (Å²) < 4.78 is 5.16. The van der Waals surface area contributed by atoms with Crippen molar-refractivity contribution in [3.05, 3.63) is 59.2 Å². The predicted molar refractivity (Wildman–Crippen MR) is 85.1 cm³/mol. The van der Waals surface area contributed by atoms with Crippen LogP contribution in [0.5, 0.6) is 0 Å².